The van der Waals surface area contributed by atoms with Crippen molar-refractivity contribution in [1.82, 2.24) is 25.4 Å². The number of hydrogen-bond donors (Lipinski definition) is 0. The lowest BCUT2D eigenvalue weighted by atomic mass is 10.1. The highest BCUT2D eigenvalue weighted by molar-refractivity contribution is 5.93. The van der Waals surface area contributed by atoms with Crippen LogP contribution < -0.4 is 4.90 Å². The number of non-ortho nitro benzene ring substituents is 1. The molecule has 0 spiro atoms. The van der Waals surface area contributed by atoms with E-state index in [9.17, 15) is 10.1 Å². The molecule has 158 valence electrons. The van der Waals surface area contributed by atoms with Gasteiger partial charge in [0, 0.05) is 37.8 Å². The maximum Gasteiger partial charge on any atom is 0.300 e. The van der Waals surface area contributed by atoms with Crippen molar-refractivity contribution in [3.8, 4) is 11.4 Å². The van der Waals surface area contributed by atoms with E-state index in [4.69, 9.17) is 9.15 Å². The summed E-state index contributed by atoms with van der Waals surface area (Å²) in [5.74, 6) is 1.16. The van der Waals surface area contributed by atoms with E-state index in [2.05, 4.69) is 30.3 Å². The number of nitro groups is 1. The average Bonchev–Trinajstić information content (AvgIpc) is 3.44. The summed E-state index contributed by atoms with van der Waals surface area (Å²) in [5, 5.41) is 22.9. The smallest absolute Gasteiger partial charge is 0.300 e. The molecule has 1 aliphatic heterocycles. The number of nitro benzene ring substituents is 1. The Morgan fingerprint density at radius 2 is 1.74 bits per heavy atom. The number of aromatic nitrogens is 4. The summed E-state index contributed by atoms with van der Waals surface area (Å²) in [4.78, 5) is 19.6. The minimum absolute atomic E-state index is 0.112. The van der Waals surface area contributed by atoms with E-state index >= 15 is 0 Å². The van der Waals surface area contributed by atoms with Gasteiger partial charge < -0.3 is 9.42 Å². The summed E-state index contributed by atoms with van der Waals surface area (Å²) in [6.07, 6.45) is 0. The van der Waals surface area contributed by atoms with E-state index in [0.717, 1.165) is 37.4 Å². The molecule has 3 heterocycles. The first-order valence-electron chi connectivity index (χ1n) is 9.85. The lowest BCUT2D eigenvalue weighted by Crippen LogP contribution is -2.46. The summed E-state index contributed by atoms with van der Waals surface area (Å²) >= 11 is 0. The molecule has 11 heteroatoms. The fraction of sp³-hybridized carbons (Fsp3) is 0.300. The highest BCUT2D eigenvalue weighted by Crippen LogP contribution is 2.31. The molecule has 31 heavy (non-hydrogen) atoms. The number of anilines is 1. The lowest BCUT2D eigenvalue weighted by molar-refractivity contribution is -0.383. The lowest BCUT2D eigenvalue weighted by Gasteiger charge is -2.35. The molecule has 0 atom stereocenters. The first-order chi connectivity index (χ1) is 15.1. The Hall–Kier alpha value is -3.86. The zero-order valence-electron chi connectivity index (χ0n) is 16.8. The molecule has 2 aromatic heterocycles. The van der Waals surface area contributed by atoms with E-state index in [1.54, 1.807) is 6.07 Å². The van der Waals surface area contributed by atoms with Gasteiger partial charge in [0.25, 0.3) is 0 Å². The number of fused-ring (bicyclic) bond motifs is 1. The summed E-state index contributed by atoms with van der Waals surface area (Å²) < 4.78 is 10.2. The molecule has 0 N–H and O–H groups in total. The van der Waals surface area contributed by atoms with Gasteiger partial charge in [-0.05, 0) is 23.3 Å². The monoisotopic (exact) mass is 421 g/mol. The van der Waals surface area contributed by atoms with Crippen LogP contribution >= 0.6 is 0 Å². The Bertz CT molecular complexity index is 1230. The number of nitrogens with zero attached hydrogens (tertiary/aromatic N) is 7. The van der Waals surface area contributed by atoms with Crippen LogP contribution in [0.15, 0.2) is 45.6 Å². The van der Waals surface area contributed by atoms with E-state index in [-0.39, 0.29) is 11.2 Å². The van der Waals surface area contributed by atoms with Crippen LogP contribution in [0.2, 0.25) is 0 Å². The summed E-state index contributed by atoms with van der Waals surface area (Å²) in [6.45, 7) is 5.58. The van der Waals surface area contributed by atoms with Crippen molar-refractivity contribution in [1.29, 1.82) is 0 Å². The Labute approximate surface area is 176 Å². The van der Waals surface area contributed by atoms with Gasteiger partial charge in [-0.1, -0.05) is 35.0 Å². The van der Waals surface area contributed by atoms with Crippen LogP contribution in [0.5, 0.6) is 0 Å². The third kappa shape index (κ3) is 3.70. The Morgan fingerprint density at radius 3 is 2.48 bits per heavy atom. The van der Waals surface area contributed by atoms with Gasteiger partial charge in [0.05, 0.1) is 17.2 Å². The summed E-state index contributed by atoms with van der Waals surface area (Å²) in [6, 6.07) is 11.1. The van der Waals surface area contributed by atoms with Gasteiger partial charge in [-0.25, -0.2) is 4.63 Å². The molecular weight excluding hydrogens is 402 g/mol. The molecule has 0 unspecified atom stereocenters. The average molecular weight is 421 g/mol. The molecule has 4 aromatic rings. The molecule has 5 rings (SSSR count). The molecule has 11 nitrogen and oxygen atoms in total. The zero-order valence-corrected chi connectivity index (χ0v) is 16.8. The number of rotatable bonds is 5. The standard InChI is InChI=1S/C20H19N7O4/c1-13-2-4-14(5-3-13)20-21-17(30-24-20)12-25-8-10-26(11-9-25)15-6-7-16(27(28)29)19-18(15)22-31-23-19/h2-7H,8-12H2,1H3. The first kappa shape index (κ1) is 19.1. The number of benzene rings is 2. The maximum atomic E-state index is 11.2. The van der Waals surface area contributed by atoms with E-state index in [0.29, 0.717) is 23.8 Å². The molecule has 2 aromatic carbocycles. The fourth-order valence-electron chi connectivity index (χ4n) is 3.72. The van der Waals surface area contributed by atoms with Crippen molar-refractivity contribution in [2.75, 3.05) is 31.1 Å². The normalized spacial score (nSPS) is 14.9. The summed E-state index contributed by atoms with van der Waals surface area (Å²) in [5.41, 5.74) is 3.34. The topological polar surface area (TPSA) is 127 Å². The van der Waals surface area contributed by atoms with Crippen molar-refractivity contribution < 1.29 is 14.1 Å². The second kappa shape index (κ2) is 7.76. The van der Waals surface area contributed by atoms with E-state index < -0.39 is 4.92 Å². The number of aryl methyl sites for hydroxylation is 1. The second-order valence-electron chi connectivity index (χ2n) is 7.46. The van der Waals surface area contributed by atoms with Gasteiger partial charge in [-0.15, -0.1) is 0 Å². The van der Waals surface area contributed by atoms with Crippen molar-refractivity contribution in [3.63, 3.8) is 0 Å². The molecular formula is C20H19N7O4. The predicted octanol–water partition coefficient (Wildman–Crippen LogP) is 2.81. The highest BCUT2D eigenvalue weighted by atomic mass is 16.6. The Morgan fingerprint density at radius 1 is 1.00 bits per heavy atom. The van der Waals surface area contributed by atoms with E-state index in [1.165, 1.54) is 11.6 Å². The molecule has 0 saturated carbocycles. The van der Waals surface area contributed by atoms with Crippen molar-refractivity contribution in [3.05, 3.63) is 58.0 Å². The van der Waals surface area contributed by atoms with Gasteiger partial charge in [0.15, 0.2) is 5.52 Å². The highest BCUT2D eigenvalue weighted by Gasteiger charge is 2.25. The largest absolute Gasteiger partial charge is 0.367 e. The molecule has 1 fully saturated rings. The van der Waals surface area contributed by atoms with Crippen LogP contribution in [-0.2, 0) is 6.54 Å². The van der Waals surface area contributed by atoms with Crippen molar-refractivity contribution in [2.45, 2.75) is 13.5 Å². The van der Waals surface area contributed by atoms with Crippen molar-refractivity contribution >= 4 is 22.4 Å². The van der Waals surface area contributed by atoms with Crippen LogP contribution in [0.1, 0.15) is 11.5 Å². The van der Waals surface area contributed by atoms with Gasteiger partial charge in [0.1, 0.15) is 0 Å². The van der Waals surface area contributed by atoms with Gasteiger partial charge in [-0.3, -0.25) is 15.0 Å². The van der Waals surface area contributed by atoms with E-state index in [1.807, 2.05) is 31.2 Å². The molecule has 1 saturated heterocycles. The zero-order chi connectivity index (χ0) is 21.4. The van der Waals surface area contributed by atoms with Crippen LogP contribution in [-0.4, -0.2) is 56.5 Å². The maximum absolute atomic E-state index is 11.2. The Balaban J connectivity index is 1.25. The van der Waals surface area contributed by atoms with Crippen LogP contribution in [0.25, 0.3) is 22.4 Å². The summed E-state index contributed by atoms with van der Waals surface area (Å²) in [7, 11) is 0. The minimum Gasteiger partial charge on any atom is -0.367 e. The van der Waals surface area contributed by atoms with Crippen LogP contribution in [0.3, 0.4) is 0 Å². The van der Waals surface area contributed by atoms with Gasteiger partial charge in [-0.2, -0.15) is 4.98 Å². The molecule has 0 amide bonds. The number of piperazine rings is 1. The molecule has 0 radical (unpaired) electrons. The predicted molar refractivity (Wildman–Crippen MR) is 110 cm³/mol. The van der Waals surface area contributed by atoms with Gasteiger partial charge in [0.2, 0.25) is 17.2 Å². The molecule has 1 aliphatic rings. The van der Waals surface area contributed by atoms with Gasteiger partial charge >= 0.3 is 5.69 Å². The molecule has 0 bridgehead atoms. The van der Waals surface area contributed by atoms with Crippen molar-refractivity contribution in [2.24, 2.45) is 0 Å². The number of hydrogen-bond acceptors (Lipinski definition) is 10. The fourth-order valence-corrected chi connectivity index (χ4v) is 3.72. The third-order valence-electron chi connectivity index (χ3n) is 5.42. The first-order valence-corrected chi connectivity index (χ1v) is 9.85. The van der Waals surface area contributed by atoms with Crippen LogP contribution in [0, 0.1) is 17.0 Å². The SMILES string of the molecule is Cc1ccc(-c2noc(CN3CCN(c4ccc([N+](=O)[O-])c5nonc45)CC3)n2)cc1. The second-order valence-corrected chi connectivity index (χ2v) is 7.46. The Kier molecular flexibility index (Phi) is 4.79. The third-order valence-corrected chi connectivity index (χ3v) is 5.42. The molecule has 0 aliphatic carbocycles. The quantitative estimate of drug-likeness (QED) is 0.350. The minimum atomic E-state index is -0.483. The van der Waals surface area contributed by atoms with Crippen LogP contribution in [0.4, 0.5) is 11.4 Å².